The SMILES string of the molecule is CCNCC1CCN(C2Cc3ccccc3C2)C1. The van der Waals surface area contributed by atoms with E-state index in [2.05, 4.69) is 41.4 Å². The zero-order chi connectivity index (χ0) is 12.4. The van der Waals surface area contributed by atoms with Gasteiger partial charge in [0.1, 0.15) is 0 Å². The van der Waals surface area contributed by atoms with E-state index in [1.165, 1.54) is 38.9 Å². The summed E-state index contributed by atoms with van der Waals surface area (Å²) in [7, 11) is 0. The van der Waals surface area contributed by atoms with Gasteiger partial charge in [-0.15, -0.1) is 0 Å². The maximum Gasteiger partial charge on any atom is 0.0176 e. The molecule has 1 saturated heterocycles. The normalized spacial score (nSPS) is 24.6. The summed E-state index contributed by atoms with van der Waals surface area (Å²) in [5, 5.41) is 3.49. The Morgan fingerprint density at radius 3 is 2.61 bits per heavy atom. The zero-order valence-electron chi connectivity index (χ0n) is 11.4. The first-order valence-electron chi connectivity index (χ1n) is 7.38. The number of nitrogens with zero attached hydrogens (tertiary/aromatic N) is 1. The maximum atomic E-state index is 3.49. The number of hydrogen-bond donors (Lipinski definition) is 1. The van der Waals surface area contributed by atoms with Gasteiger partial charge in [-0.1, -0.05) is 31.2 Å². The Bertz CT molecular complexity index is 377. The summed E-state index contributed by atoms with van der Waals surface area (Å²) in [6.45, 7) is 7.10. The van der Waals surface area contributed by atoms with Crippen LogP contribution in [0, 0.1) is 5.92 Å². The summed E-state index contributed by atoms with van der Waals surface area (Å²) in [6, 6.07) is 9.75. The molecule has 0 spiro atoms. The Labute approximate surface area is 110 Å². The predicted octanol–water partition coefficient (Wildman–Crippen LogP) is 2.09. The summed E-state index contributed by atoms with van der Waals surface area (Å²) >= 11 is 0. The van der Waals surface area contributed by atoms with Crippen LogP contribution in [0.2, 0.25) is 0 Å². The van der Waals surface area contributed by atoms with Crippen LogP contribution >= 0.6 is 0 Å². The number of hydrogen-bond acceptors (Lipinski definition) is 2. The molecule has 3 rings (SSSR count). The van der Waals surface area contributed by atoms with Gasteiger partial charge < -0.3 is 5.32 Å². The highest BCUT2D eigenvalue weighted by atomic mass is 15.2. The molecular weight excluding hydrogens is 220 g/mol. The second-order valence-electron chi connectivity index (χ2n) is 5.79. The maximum absolute atomic E-state index is 3.49. The fourth-order valence-corrected chi connectivity index (χ4v) is 3.50. The third kappa shape index (κ3) is 2.45. The fraction of sp³-hybridized carbons (Fsp3) is 0.625. The van der Waals surface area contributed by atoms with Gasteiger partial charge in [0.05, 0.1) is 0 Å². The van der Waals surface area contributed by atoms with Crippen molar-refractivity contribution in [3.05, 3.63) is 35.4 Å². The molecule has 0 radical (unpaired) electrons. The van der Waals surface area contributed by atoms with Crippen molar-refractivity contribution in [2.24, 2.45) is 5.92 Å². The molecule has 1 N–H and O–H groups in total. The average Bonchev–Trinajstić information content (AvgIpc) is 3.02. The Kier molecular flexibility index (Phi) is 3.67. The zero-order valence-corrected chi connectivity index (χ0v) is 11.4. The summed E-state index contributed by atoms with van der Waals surface area (Å²) in [5.74, 6) is 0.869. The molecule has 0 saturated carbocycles. The molecule has 0 bridgehead atoms. The molecule has 2 heteroatoms. The van der Waals surface area contributed by atoms with Gasteiger partial charge in [0.15, 0.2) is 0 Å². The van der Waals surface area contributed by atoms with E-state index in [0.29, 0.717) is 0 Å². The highest BCUT2D eigenvalue weighted by Gasteiger charge is 2.31. The topological polar surface area (TPSA) is 15.3 Å². The summed E-state index contributed by atoms with van der Waals surface area (Å²) in [6.07, 6.45) is 3.91. The van der Waals surface area contributed by atoms with Crippen LogP contribution in [0.15, 0.2) is 24.3 Å². The first-order chi connectivity index (χ1) is 8.86. The molecule has 1 aromatic rings. The molecule has 1 aliphatic carbocycles. The molecule has 1 unspecified atom stereocenters. The molecular formula is C16H24N2. The van der Waals surface area contributed by atoms with Gasteiger partial charge in [0.2, 0.25) is 0 Å². The second-order valence-corrected chi connectivity index (χ2v) is 5.79. The largest absolute Gasteiger partial charge is 0.317 e. The second kappa shape index (κ2) is 5.41. The molecule has 1 fully saturated rings. The quantitative estimate of drug-likeness (QED) is 0.872. The van der Waals surface area contributed by atoms with Crippen LogP contribution in [0.1, 0.15) is 24.5 Å². The Morgan fingerprint density at radius 2 is 1.94 bits per heavy atom. The Morgan fingerprint density at radius 1 is 1.22 bits per heavy atom. The van der Waals surface area contributed by atoms with Crippen molar-refractivity contribution in [3.63, 3.8) is 0 Å². The summed E-state index contributed by atoms with van der Waals surface area (Å²) in [5.41, 5.74) is 3.16. The van der Waals surface area contributed by atoms with Crippen LogP contribution in [0.25, 0.3) is 0 Å². The molecule has 2 nitrogen and oxygen atoms in total. The predicted molar refractivity (Wildman–Crippen MR) is 75.9 cm³/mol. The standard InChI is InChI=1S/C16H24N2/c1-2-17-11-13-7-8-18(12-13)16-9-14-5-3-4-6-15(14)10-16/h3-6,13,16-17H,2,7-12H2,1H3. The Hall–Kier alpha value is -0.860. The van der Waals surface area contributed by atoms with Crippen LogP contribution in [-0.2, 0) is 12.8 Å². The van der Waals surface area contributed by atoms with Crippen LogP contribution in [-0.4, -0.2) is 37.1 Å². The highest BCUT2D eigenvalue weighted by molar-refractivity contribution is 5.33. The van der Waals surface area contributed by atoms with Crippen LogP contribution in [0.4, 0.5) is 0 Å². The fourth-order valence-electron chi connectivity index (χ4n) is 3.50. The highest BCUT2D eigenvalue weighted by Crippen LogP contribution is 2.28. The van der Waals surface area contributed by atoms with Gasteiger partial charge in [0, 0.05) is 12.6 Å². The van der Waals surface area contributed by atoms with E-state index in [9.17, 15) is 0 Å². The van der Waals surface area contributed by atoms with Crippen LogP contribution in [0.5, 0.6) is 0 Å². The van der Waals surface area contributed by atoms with Gasteiger partial charge in [-0.25, -0.2) is 0 Å². The summed E-state index contributed by atoms with van der Waals surface area (Å²) < 4.78 is 0. The molecule has 2 aliphatic rings. The molecule has 0 aromatic heterocycles. The lowest BCUT2D eigenvalue weighted by Gasteiger charge is -2.23. The van der Waals surface area contributed by atoms with E-state index >= 15 is 0 Å². The number of rotatable bonds is 4. The third-order valence-electron chi connectivity index (χ3n) is 4.55. The lowest BCUT2D eigenvalue weighted by molar-refractivity contribution is 0.240. The van der Waals surface area contributed by atoms with Crippen LogP contribution in [0.3, 0.4) is 0 Å². The molecule has 1 atom stereocenters. The van der Waals surface area contributed by atoms with Gasteiger partial charge in [-0.3, -0.25) is 4.90 Å². The smallest absolute Gasteiger partial charge is 0.0176 e. The van der Waals surface area contributed by atoms with E-state index < -0.39 is 0 Å². The van der Waals surface area contributed by atoms with E-state index in [1.54, 1.807) is 11.1 Å². The molecule has 98 valence electrons. The number of benzene rings is 1. The third-order valence-corrected chi connectivity index (χ3v) is 4.55. The van der Waals surface area contributed by atoms with E-state index in [4.69, 9.17) is 0 Å². The lowest BCUT2D eigenvalue weighted by Crippen LogP contribution is -2.35. The van der Waals surface area contributed by atoms with Crippen molar-refractivity contribution in [2.45, 2.75) is 32.2 Å². The van der Waals surface area contributed by atoms with Gasteiger partial charge in [-0.05, 0) is 55.9 Å². The molecule has 1 heterocycles. The van der Waals surface area contributed by atoms with Gasteiger partial charge in [0.25, 0.3) is 0 Å². The number of nitrogens with one attached hydrogen (secondary N) is 1. The van der Waals surface area contributed by atoms with Crippen molar-refractivity contribution in [1.29, 1.82) is 0 Å². The monoisotopic (exact) mass is 244 g/mol. The number of likely N-dealkylation sites (tertiary alicyclic amines) is 1. The first kappa shape index (κ1) is 12.2. The molecule has 1 aromatic carbocycles. The van der Waals surface area contributed by atoms with E-state index in [-0.39, 0.29) is 0 Å². The van der Waals surface area contributed by atoms with E-state index in [0.717, 1.165) is 18.5 Å². The first-order valence-corrected chi connectivity index (χ1v) is 7.38. The van der Waals surface area contributed by atoms with E-state index in [1.807, 2.05) is 0 Å². The van der Waals surface area contributed by atoms with Crippen molar-refractivity contribution in [2.75, 3.05) is 26.2 Å². The van der Waals surface area contributed by atoms with Crippen molar-refractivity contribution in [3.8, 4) is 0 Å². The van der Waals surface area contributed by atoms with Crippen LogP contribution < -0.4 is 5.32 Å². The minimum Gasteiger partial charge on any atom is -0.317 e. The lowest BCUT2D eigenvalue weighted by atomic mass is 10.1. The van der Waals surface area contributed by atoms with Gasteiger partial charge in [-0.2, -0.15) is 0 Å². The molecule has 1 aliphatic heterocycles. The van der Waals surface area contributed by atoms with Crippen molar-refractivity contribution in [1.82, 2.24) is 10.2 Å². The minimum absolute atomic E-state index is 0.772. The minimum atomic E-state index is 0.772. The van der Waals surface area contributed by atoms with Crippen molar-refractivity contribution < 1.29 is 0 Å². The molecule has 0 amide bonds. The average molecular weight is 244 g/mol. The van der Waals surface area contributed by atoms with Gasteiger partial charge >= 0.3 is 0 Å². The summed E-state index contributed by atoms with van der Waals surface area (Å²) in [4.78, 5) is 2.72. The number of fused-ring (bicyclic) bond motifs is 1. The van der Waals surface area contributed by atoms with Crippen molar-refractivity contribution >= 4 is 0 Å². The molecule has 18 heavy (non-hydrogen) atoms. The Balaban J connectivity index is 1.56.